The smallest absolute Gasteiger partial charge is 0.259 e. The number of anilines is 1. The molecule has 1 aliphatic rings. The molecule has 114 valence electrons. The van der Waals surface area contributed by atoms with Gasteiger partial charge in [-0.3, -0.25) is 4.79 Å². The second-order valence-electron chi connectivity index (χ2n) is 5.49. The molecule has 0 heterocycles. The van der Waals surface area contributed by atoms with E-state index in [1.807, 2.05) is 24.3 Å². The van der Waals surface area contributed by atoms with E-state index in [0.29, 0.717) is 17.7 Å². The molecule has 0 saturated heterocycles. The molecule has 3 rings (SSSR count). The van der Waals surface area contributed by atoms with E-state index >= 15 is 0 Å². The summed E-state index contributed by atoms with van der Waals surface area (Å²) in [5, 5.41) is 12.8. The third-order valence-electron chi connectivity index (χ3n) is 4.06. The van der Waals surface area contributed by atoms with Crippen molar-refractivity contribution in [2.75, 3.05) is 12.4 Å². The molecule has 0 radical (unpaired) electrons. The summed E-state index contributed by atoms with van der Waals surface area (Å²) in [4.78, 5) is 12.5. The quantitative estimate of drug-likeness (QED) is 0.916. The third kappa shape index (κ3) is 2.83. The zero-order valence-electron chi connectivity index (χ0n) is 12.5. The van der Waals surface area contributed by atoms with Gasteiger partial charge in [0.25, 0.3) is 5.91 Å². The maximum Gasteiger partial charge on any atom is 0.259 e. The van der Waals surface area contributed by atoms with Crippen LogP contribution in [0, 0.1) is 0 Å². The molecule has 0 spiro atoms. The fourth-order valence-corrected chi connectivity index (χ4v) is 2.91. The predicted molar refractivity (Wildman–Crippen MR) is 85.4 cm³/mol. The number of aliphatic hydroxyl groups is 1. The molecule has 4 heteroatoms. The number of carbonyl (C=O) groups excluding carboxylic acids is 1. The van der Waals surface area contributed by atoms with Crippen molar-refractivity contribution in [3.05, 3.63) is 59.2 Å². The second kappa shape index (κ2) is 6.20. The van der Waals surface area contributed by atoms with Crippen LogP contribution in [-0.2, 0) is 12.8 Å². The predicted octanol–water partition coefficient (Wildman–Crippen LogP) is 2.80. The van der Waals surface area contributed by atoms with E-state index in [4.69, 9.17) is 4.74 Å². The first-order valence-electron chi connectivity index (χ1n) is 7.42. The van der Waals surface area contributed by atoms with Gasteiger partial charge in [0.05, 0.1) is 18.8 Å². The highest BCUT2D eigenvalue weighted by Crippen LogP contribution is 2.29. The van der Waals surface area contributed by atoms with Gasteiger partial charge in [0.2, 0.25) is 0 Å². The summed E-state index contributed by atoms with van der Waals surface area (Å²) in [6, 6.07) is 13.0. The number of methoxy groups -OCH3 is 1. The van der Waals surface area contributed by atoms with Crippen LogP contribution in [0.2, 0.25) is 0 Å². The molecule has 0 aliphatic heterocycles. The molecule has 2 aromatic rings. The number of aryl methyl sites for hydroxylation is 1. The lowest BCUT2D eigenvalue weighted by Gasteiger charge is -2.23. The third-order valence-corrected chi connectivity index (χ3v) is 4.06. The van der Waals surface area contributed by atoms with E-state index in [9.17, 15) is 9.90 Å². The van der Waals surface area contributed by atoms with E-state index in [2.05, 4.69) is 11.4 Å². The van der Waals surface area contributed by atoms with Crippen LogP contribution in [0.3, 0.4) is 0 Å². The summed E-state index contributed by atoms with van der Waals surface area (Å²) in [6.45, 7) is 0. The molecule has 2 aromatic carbocycles. The first-order valence-corrected chi connectivity index (χ1v) is 7.42. The number of ether oxygens (including phenoxy) is 1. The van der Waals surface area contributed by atoms with Crippen LogP contribution < -0.4 is 10.1 Å². The zero-order valence-corrected chi connectivity index (χ0v) is 12.5. The van der Waals surface area contributed by atoms with E-state index in [1.54, 1.807) is 19.2 Å². The molecule has 0 unspecified atom stereocenters. The van der Waals surface area contributed by atoms with Crippen molar-refractivity contribution in [1.29, 1.82) is 0 Å². The van der Waals surface area contributed by atoms with Crippen molar-refractivity contribution in [1.82, 2.24) is 0 Å². The Morgan fingerprint density at radius 1 is 1.23 bits per heavy atom. The molecule has 1 amide bonds. The normalized spacial score (nSPS) is 16.7. The van der Waals surface area contributed by atoms with Crippen LogP contribution in [-0.4, -0.2) is 24.2 Å². The largest absolute Gasteiger partial charge is 0.496 e. The minimum absolute atomic E-state index is 0.203. The van der Waals surface area contributed by atoms with Crippen molar-refractivity contribution in [2.45, 2.75) is 25.4 Å². The summed E-state index contributed by atoms with van der Waals surface area (Å²) in [5.41, 5.74) is 3.50. The van der Waals surface area contributed by atoms with Gasteiger partial charge in [-0.2, -0.15) is 0 Å². The second-order valence-corrected chi connectivity index (χ2v) is 5.49. The van der Waals surface area contributed by atoms with Gasteiger partial charge in [0.1, 0.15) is 5.75 Å². The van der Waals surface area contributed by atoms with E-state index in [1.165, 1.54) is 5.56 Å². The van der Waals surface area contributed by atoms with Crippen LogP contribution in [0.1, 0.15) is 27.9 Å². The zero-order chi connectivity index (χ0) is 15.5. The monoisotopic (exact) mass is 297 g/mol. The van der Waals surface area contributed by atoms with E-state index < -0.39 is 0 Å². The van der Waals surface area contributed by atoms with Gasteiger partial charge in [-0.05, 0) is 42.2 Å². The number of rotatable bonds is 3. The number of amides is 1. The summed E-state index contributed by atoms with van der Waals surface area (Å²) >= 11 is 0. The van der Waals surface area contributed by atoms with Crippen molar-refractivity contribution in [3.63, 3.8) is 0 Å². The number of nitrogens with one attached hydrogen (secondary N) is 1. The van der Waals surface area contributed by atoms with E-state index in [0.717, 1.165) is 24.1 Å². The van der Waals surface area contributed by atoms with Crippen molar-refractivity contribution in [2.24, 2.45) is 0 Å². The maximum atomic E-state index is 12.5. The average molecular weight is 297 g/mol. The van der Waals surface area contributed by atoms with Gasteiger partial charge < -0.3 is 15.2 Å². The van der Waals surface area contributed by atoms with Crippen LogP contribution in [0.5, 0.6) is 5.75 Å². The highest BCUT2D eigenvalue weighted by atomic mass is 16.5. The summed E-state index contributed by atoms with van der Waals surface area (Å²) < 4.78 is 5.23. The SMILES string of the molecule is COc1ccccc1C(=O)Nc1cccc2c1C[C@@H](O)CC2. The number of hydrogen-bond donors (Lipinski definition) is 2. The van der Waals surface area contributed by atoms with Crippen LogP contribution in [0.4, 0.5) is 5.69 Å². The number of carbonyl (C=O) groups is 1. The molecule has 4 nitrogen and oxygen atoms in total. The average Bonchev–Trinajstić information content (AvgIpc) is 2.55. The number of aliphatic hydroxyl groups excluding tert-OH is 1. The van der Waals surface area contributed by atoms with Gasteiger partial charge in [-0.15, -0.1) is 0 Å². The Kier molecular flexibility index (Phi) is 4.11. The molecular weight excluding hydrogens is 278 g/mol. The first kappa shape index (κ1) is 14.6. The molecule has 22 heavy (non-hydrogen) atoms. The molecule has 1 aliphatic carbocycles. The fraction of sp³-hybridized carbons (Fsp3) is 0.278. The Morgan fingerprint density at radius 3 is 2.86 bits per heavy atom. The highest BCUT2D eigenvalue weighted by Gasteiger charge is 2.20. The molecule has 0 bridgehead atoms. The first-order chi connectivity index (χ1) is 10.7. The number of benzene rings is 2. The number of fused-ring (bicyclic) bond motifs is 1. The minimum atomic E-state index is -0.336. The lowest BCUT2D eigenvalue weighted by atomic mass is 9.88. The summed E-state index contributed by atoms with van der Waals surface area (Å²) in [5.74, 6) is 0.343. The molecular formula is C18H19NO3. The van der Waals surface area contributed by atoms with Crippen molar-refractivity contribution in [3.8, 4) is 5.75 Å². The Bertz CT molecular complexity index is 696. The Hall–Kier alpha value is -2.33. The van der Waals surface area contributed by atoms with Gasteiger partial charge in [0, 0.05) is 12.1 Å². The highest BCUT2D eigenvalue weighted by molar-refractivity contribution is 6.06. The number of hydrogen-bond acceptors (Lipinski definition) is 3. The molecule has 0 fully saturated rings. The lowest BCUT2D eigenvalue weighted by Crippen LogP contribution is -2.22. The summed E-state index contributed by atoms with van der Waals surface area (Å²) in [7, 11) is 1.55. The van der Waals surface area contributed by atoms with Gasteiger partial charge in [-0.25, -0.2) is 0 Å². The molecule has 0 saturated carbocycles. The molecule has 2 N–H and O–H groups in total. The van der Waals surface area contributed by atoms with Crippen molar-refractivity contribution < 1.29 is 14.6 Å². The fourth-order valence-electron chi connectivity index (χ4n) is 2.91. The van der Waals surface area contributed by atoms with Crippen LogP contribution >= 0.6 is 0 Å². The van der Waals surface area contributed by atoms with E-state index in [-0.39, 0.29) is 12.0 Å². The number of para-hydroxylation sites is 1. The maximum absolute atomic E-state index is 12.5. The van der Waals surface area contributed by atoms with Crippen LogP contribution in [0.25, 0.3) is 0 Å². The Labute approximate surface area is 129 Å². The van der Waals surface area contributed by atoms with Gasteiger partial charge in [0.15, 0.2) is 0 Å². The molecule has 0 aromatic heterocycles. The standard InChI is InChI=1S/C18H19NO3/c1-22-17-8-3-2-6-14(17)18(21)19-16-7-4-5-12-9-10-13(20)11-15(12)16/h2-8,13,20H,9-11H2,1H3,(H,19,21)/t13-/m0/s1. The van der Waals surface area contributed by atoms with Gasteiger partial charge >= 0.3 is 0 Å². The van der Waals surface area contributed by atoms with Crippen molar-refractivity contribution >= 4 is 11.6 Å². The van der Waals surface area contributed by atoms with Gasteiger partial charge in [-0.1, -0.05) is 24.3 Å². The Balaban J connectivity index is 1.89. The van der Waals surface area contributed by atoms with Crippen LogP contribution in [0.15, 0.2) is 42.5 Å². The molecule has 1 atom stereocenters. The topological polar surface area (TPSA) is 58.6 Å². The lowest BCUT2D eigenvalue weighted by molar-refractivity contribution is 0.102. The Morgan fingerprint density at radius 2 is 2.05 bits per heavy atom. The summed E-state index contributed by atoms with van der Waals surface area (Å²) in [6.07, 6.45) is 1.86. The minimum Gasteiger partial charge on any atom is -0.496 e.